The number of rotatable bonds is 8. The number of carbonyl (C=O) groups is 1. The number of ketones is 1. The van der Waals surface area contributed by atoms with Crippen LogP contribution in [0, 0.1) is 5.92 Å². The van der Waals surface area contributed by atoms with Crippen molar-refractivity contribution in [3.05, 3.63) is 18.2 Å². The second-order valence-corrected chi connectivity index (χ2v) is 3.92. The van der Waals surface area contributed by atoms with Gasteiger partial charge < -0.3 is 16.0 Å². The van der Waals surface area contributed by atoms with Crippen LogP contribution in [0.4, 0.5) is 0 Å². The second-order valence-electron chi connectivity index (χ2n) is 3.92. The lowest BCUT2D eigenvalue weighted by atomic mass is 9.96. The van der Waals surface area contributed by atoms with E-state index in [4.69, 9.17) is 5.73 Å². The van der Waals surface area contributed by atoms with Crippen molar-refractivity contribution in [3.8, 4) is 0 Å². The van der Waals surface area contributed by atoms with Crippen LogP contribution < -0.4 is 11.1 Å². The van der Waals surface area contributed by atoms with Crippen LogP contribution in [0.1, 0.15) is 29.9 Å². The molecule has 0 radical (unpaired) electrons. The maximum atomic E-state index is 11.8. The average molecular weight is 224 g/mol. The molecule has 5 heteroatoms. The zero-order chi connectivity index (χ0) is 11.8. The molecule has 0 spiro atoms. The summed E-state index contributed by atoms with van der Waals surface area (Å²) in [7, 11) is 1.90. The van der Waals surface area contributed by atoms with Crippen LogP contribution >= 0.6 is 0 Å². The lowest BCUT2D eigenvalue weighted by molar-refractivity contribution is 0.0949. The third kappa shape index (κ3) is 4.12. The van der Waals surface area contributed by atoms with Gasteiger partial charge in [0.15, 0.2) is 11.6 Å². The van der Waals surface area contributed by atoms with Gasteiger partial charge in [-0.05, 0) is 38.9 Å². The fraction of sp³-hybridized carbons (Fsp3) is 0.636. The zero-order valence-corrected chi connectivity index (χ0v) is 9.70. The Morgan fingerprint density at radius 1 is 1.69 bits per heavy atom. The monoisotopic (exact) mass is 224 g/mol. The van der Waals surface area contributed by atoms with Crippen LogP contribution in [0.2, 0.25) is 0 Å². The van der Waals surface area contributed by atoms with Gasteiger partial charge in [0.25, 0.3) is 0 Å². The summed E-state index contributed by atoms with van der Waals surface area (Å²) in [6.07, 6.45) is 5.72. The summed E-state index contributed by atoms with van der Waals surface area (Å²) in [5.41, 5.74) is 5.47. The number of aromatic amines is 1. The number of aromatic nitrogens is 2. The number of H-pyrrole nitrogens is 1. The van der Waals surface area contributed by atoms with Crippen LogP contribution in [0.15, 0.2) is 12.4 Å². The largest absolute Gasteiger partial charge is 0.342 e. The van der Waals surface area contributed by atoms with E-state index in [-0.39, 0.29) is 5.78 Å². The molecule has 0 saturated carbocycles. The fourth-order valence-corrected chi connectivity index (χ4v) is 1.75. The Labute approximate surface area is 95.8 Å². The van der Waals surface area contributed by atoms with E-state index in [0.29, 0.717) is 24.7 Å². The van der Waals surface area contributed by atoms with Gasteiger partial charge in [-0.15, -0.1) is 0 Å². The van der Waals surface area contributed by atoms with Gasteiger partial charge in [0, 0.05) is 18.8 Å². The minimum absolute atomic E-state index is 0.0715. The molecule has 5 nitrogen and oxygen atoms in total. The molecule has 0 aromatic carbocycles. The zero-order valence-electron chi connectivity index (χ0n) is 9.70. The number of nitrogens with zero attached hydrogens (tertiary/aromatic N) is 1. The third-order valence-electron chi connectivity index (χ3n) is 2.55. The normalized spacial score (nSPS) is 12.6. The molecule has 0 amide bonds. The predicted octanol–water partition coefficient (Wildman–Crippen LogP) is 0.557. The quantitative estimate of drug-likeness (QED) is 0.563. The highest BCUT2D eigenvalue weighted by atomic mass is 16.1. The summed E-state index contributed by atoms with van der Waals surface area (Å²) >= 11 is 0. The van der Waals surface area contributed by atoms with E-state index >= 15 is 0 Å². The van der Waals surface area contributed by atoms with E-state index in [1.54, 1.807) is 12.4 Å². The van der Waals surface area contributed by atoms with Crippen LogP contribution in [0.5, 0.6) is 0 Å². The SMILES string of the molecule is CNCC(CCCN)CC(=O)c1ncc[nH]1. The molecule has 0 aliphatic heterocycles. The summed E-state index contributed by atoms with van der Waals surface area (Å²) in [5, 5.41) is 3.10. The standard InChI is InChI=1S/C11H20N4O/c1-13-8-9(3-2-4-12)7-10(16)11-14-5-6-15-11/h5-6,9,13H,2-4,7-8,12H2,1H3,(H,14,15). The van der Waals surface area contributed by atoms with Crippen LogP contribution in [0.3, 0.4) is 0 Å². The maximum absolute atomic E-state index is 11.8. The Hall–Kier alpha value is -1.20. The van der Waals surface area contributed by atoms with Crippen molar-refractivity contribution in [2.75, 3.05) is 20.1 Å². The molecule has 1 aromatic heterocycles. The summed E-state index contributed by atoms with van der Waals surface area (Å²) in [4.78, 5) is 18.6. The van der Waals surface area contributed by atoms with Crippen molar-refractivity contribution in [2.24, 2.45) is 11.7 Å². The summed E-state index contributed by atoms with van der Waals surface area (Å²) < 4.78 is 0. The van der Waals surface area contributed by atoms with E-state index in [2.05, 4.69) is 15.3 Å². The molecule has 0 aliphatic carbocycles. The Balaban J connectivity index is 2.44. The molecule has 0 bridgehead atoms. The summed E-state index contributed by atoms with van der Waals surface area (Å²) in [5.74, 6) is 0.863. The number of nitrogens with one attached hydrogen (secondary N) is 2. The van der Waals surface area contributed by atoms with Crippen molar-refractivity contribution in [1.82, 2.24) is 15.3 Å². The number of carbonyl (C=O) groups excluding carboxylic acids is 1. The van der Waals surface area contributed by atoms with Crippen molar-refractivity contribution < 1.29 is 4.79 Å². The maximum Gasteiger partial charge on any atom is 0.198 e. The van der Waals surface area contributed by atoms with Gasteiger partial charge in [0.1, 0.15) is 0 Å². The molecular formula is C11H20N4O. The molecule has 1 aromatic rings. The second kappa shape index (κ2) is 7.14. The van der Waals surface area contributed by atoms with Crippen LogP contribution in [-0.2, 0) is 0 Å². The molecule has 0 aliphatic rings. The highest BCUT2D eigenvalue weighted by Crippen LogP contribution is 2.12. The highest BCUT2D eigenvalue weighted by molar-refractivity contribution is 5.92. The van der Waals surface area contributed by atoms with E-state index in [1.165, 1.54) is 0 Å². The number of hydrogen-bond donors (Lipinski definition) is 3. The molecule has 1 rings (SSSR count). The summed E-state index contributed by atoms with van der Waals surface area (Å²) in [6, 6.07) is 0. The van der Waals surface area contributed by atoms with Crippen molar-refractivity contribution in [2.45, 2.75) is 19.3 Å². The number of nitrogens with two attached hydrogens (primary N) is 1. The number of Topliss-reactive ketones (excluding diaryl/α,β-unsaturated/α-hetero) is 1. The molecule has 16 heavy (non-hydrogen) atoms. The first-order valence-electron chi connectivity index (χ1n) is 5.65. The predicted molar refractivity (Wildman–Crippen MR) is 63.2 cm³/mol. The van der Waals surface area contributed by atoms with Gasteiger partial charge in [-0.2, -0.15) is 0 Å². The molecule has 1 atom stereocenters. The van der Waals surface area contributed by atoms with Gasteiger partial charge in [0.05, 0.1) is 0 Å². The third-order valence-corrected chi connectivity index (χ3v) is 2.55. The van der Waals surface area contributed by atoms with E-state index in [9.17, 15) is 4.79 Å². The first-order chi connectivity index (χ1) is 7.77. The first-order valence-corrected chi connectivity index (χ1v) is 5.65. The van der Waals surface area contributed by atoms with Crippen molar-refractivity contribution in [3.63, 3.8) is 0 Å². The topological polar surface area (TPSA) is 83.8 Å². The van der Waals surface area contributed by atoms with Gasteiger partial charge in [0.2, 0.25) is 0 Å². The van der Waals surface area contributed by atoms with Crippen molar-refractivity contribution >= 4 is 5.78 Å². The van der Waals surface area contributed by atoms with E-state index in [1.807, 2.05) is 7.05 Å². The molecule has 0 fully saturated rings. The van der Waals surface area contributed by atoms with Crippen molar-refractivity contribution in [1.29, 1.82) is 0 Å². The van der Waals surface area contributed by atoms with Gasteiger partial charge >= 0.3 is 0 Å². The lowest BCUT2D eigenvalue weighted by Crippen LogP contribution is -2.22. The van der Waals surface area contributed by atoms with E-state index in [0.717, 1.165) is 19.4 Å². The molecule has 4 N–H and O–H groups in total. The average Bonchev–Trinajstić information content (AvgIpc) is 2.79. The van der Waals surface area contributed by atoms with Gasteiger partial charge in [-0.1, -0.05) is 0 Å². The Morgan fingerprint density at radius 3 is 3.06 bits per heavy atom. The Morgan fingerprint density at radius 2 is 2.50 bits per heavy atom. The molecule has 1 unspecified atom stereocenters. The Kier molecular flexibility index (Phi) is 5.74. The van der Waals surface area contributed by atoms with E-state index < -0.39 is 0 Å². The van der Waals surface area contributed by atoms with Gasteiger partial charge in [-0.25, -0.2) is 4.98 Å². The summed E-state index contributed by atoms with van der Waals surface area (Å²) in [6.45, 7) is 1.52. The molecule has 0 saturated heterocycles. The highest BCUT2D eigenvalue weighted by Gasteiger charge is 2.15. The smallest absolute Gasteiger partial charge is 0.198 e. The minimum Gasteiger partial charge on any atom is -0.342 e. The van der Waals surface area contributed by atoms with Gasteiger partial charge in [-0.3, -0.25) is 4.79 Å². The van der Waals surface area contributed by atoms with Crippen LogP contribution in [0.25, 0.3) is 0 Å². The number of imidazole rings is 1. The molecule has 1 heterocycles. The molecule has 90 valence electrons. The lowest BCUT2D eigenvalue weighted by Gasteiger charge is -2.14. The minimum atomic E-state index is 0.0715. The molecular weight excluding hydrogens is 204 g/mol. The van der Waals surface area contributed by atoms with Crippen LogP contribution in [-0.4, -0.2) is 35.9 Å². The fourth-order valence-electron chi connectivity index (χ4n) is 1.75. The Bertz CT molecular complexity index is 297. The first kappa shape index (κ1) is 12.9. The number of hydrogen-bond acceptors (Lipinski definition) is 4.